The van der Waals surface area contributed by atoms with E-state index in [9.17, 15) is 12.9 Å². The normalized spacial score (nSPS) is 36.1. The molecule has 2 rings (SSSR count). The molecule has 0 aliphatic heterocycles. The van der Waals surface area contributed by atoms with Crippen molar-refractivity contribution in [2.75, 3.05) is 6.61 Å². The van der Waals surface area contributed by atoms with Crippen LogP contribution in [-0.4, -0.2) is 19.7 Å². The molecule has 0 radical (unpaired) electrons. The summed E-state index contributed by atoms with van der Waals surface area (Å²) in [5.74, 6) is 0.581. The number of rotatable bonds is 4. The first-order chi connectivity index (χ1) is 8.09. The molecule has 19 heavy (non-hydrogen) atoms. The van der Waals surface area contributed by atoms with Crippen LogP contribution >= 0.6 is 0 Å². The summed E-state index contributed by atoms with van der Waals surface area (Å²) in [6.07, 6.45) is 3.06. The smallest absolute Gasteiger partial charge is 0.445 e. The van der Waals surface area contributed by atoms with E-state index in [-0.39, 0.29) is 74.9 Å². The van der Waals surface area contributed by atoms with Gasteiger partial charge in [0.25, 0.3) is 0 Å². The van der Waals surface area contributed by atoms with E-state index < -0.39 is 12.4 Å². The average Bonchev–Trinajstić information content (AvgIpc) is 2.56. The van der Waals surface area contributed by atoms with Crippen molar-refractivity contribution >= 4 is 6.98 Å². The quantitative estimate of drug-likeness (QED) is 0.708. The Bertz CT molecular complexity index is 369. The molecule has 2 aliphatic carbocycles. The van der Waals surface area contributed by atoms with Gasteiger partial charge < -0.3 is 17.7 Å². The van der Waals surface area contributed by atoms with E-state index in [0.717, 1.165) is 12.8 Å². The fraction of sp³-hybridized carbons (Fsp3) is 0.846. The van der Waals surface area contributed by atoms with Gasteiger partial charge in [0.1, 0.15) is 0 Å². The zero-order valence-corrected chi connectivity index (χ0v) is 15.4. The molecule has 2 fully saturated rings. The molecule has 0 aromatic carbocycles. The maximum Gasteiger partial charge on any atom is 1.00 e. The fourth-order valence-corrected chi connectivity index (χ4v) is 3.68. The van der Waals surface area contributed by atoms with Crippen LogP contribution in [0.1, 0.15) is 40.0 Å². The number of halogens is 3. The molecule has 0 heterocycles. The van der Waals surface area contributed by atoms with E-state index in [1.54, 1.807) is 0 Å². The van der Waals surface area contributed by atoms with Gasteiger partial charge in [-0.1, -0.05) is 20.8 Å². The van der Waals surface area contributed by atoms with Gasteiger partial charge in [-0.15, -0.1) is 12.1 Å². The molecule has 1 nitrogen and oxygen atoms in total. The minimum absolute atomic E-state index is 0. The summed E-state index contributed by atoms with van der Waals surface area (Å²) in [5.41, 5.74) is -0.543. The second-order valence-electron chi connectivity index (χ2n) is 6.64. The molecule has 0 saturated heterocycles. The standard InChI is InChI=1S/C13H21BF3O.K/c1-9(14(15,16)17)8-18-11-7-10-5-6-13(11,4)12(10,2)3;/h10-11H,1,5-8H2,2-4H3;/q-1;+1. The molecule has 0 N–H and O–H groups in total. The molecule has 2 bridgehead atoms. The molecule has 0 amide bonds. The Kier molecular flexibility index (Phi) is 5.53. The van der Waals surface area contributed by atoms with Crippen LogP contribution in [-0.2, 0) is 4.74 Å². The third-order valence-corrected chi connectivity index (χ3v) is 5.65. The van der Waals surface area contributed by atoms with Crippen molar-refractivity contribution in [1.82, 2.24) is 0 Å². The molecule has 0 aromatic rings. The number of ether oxygens (including phenoxy) is 1. The minimum Gasteiger partial charge on any atom is -0.445 e. The van der Waals surface area contributed by atoms with Crippen molar-refractivity contribution < 1.29 is 69.1 Å². The Morgan fingerprint density at radius 1 is 1.32 bits per heavy atom. The predicted octanol–water partition coefficient (Wildman–Crippen LogP) is 1.16. The van der Waals surface area contributed by atoms with Crippen molar-refractivity contribution in [2.45, 2.75) is 46.1 Å². The Balaban J connectivity index is 0.00000180. The summed E-state index contributed by atoms with van der Waals surface area (Å²) in [4.78, 5) is 0. The summed E-state index contributed by atoms with van der Waals surface area (Å²) in [6.45, 7) is 4.35. The predicted molar refractivity (Wildman–Crippen MR) is 67.2 cm³/mol. The molecule has 0 aromatic heterocycles. The largest absolute Gasteiger partial charge is 1.00 e. The first-order valence-corrected chi connectivity index (χ1v) is 6.58. The summed E-state index contributed by atoms with van der Waals surface area (Å²) < 4.78 is 42.9. The van der Waals surface area contributed by atoms with Gasteiger partial charge in [0.05, 0.1) is 6.10 Å². The maximum absolute atomic E-state index is 12.4. The van der Waals surface area contributed by atoms with Crippen molar-refractivity contribution in [3.63, 3.8) is 0 Å². The Hall–Kier alpha value is 1.19. The second kappa shape index (κ2) is 5.76. The van der Waals surface area contributed by atoms with E-state index in [0.29, 0.717) is 5.92 Å². The Morgan fingerprint density at radius 3 is 2.26 bits per heavy atom. The zero-order valence-electron chi connectivity index (χ0n) is 12.3. The number of fused-ring (bicyclic) bond motifs is 2. The van der Waals surface area contributed by atoms with Gasteiger partial charge in [0, 0.05) is 6.61 Å². The Morgan fingerprint density at radius 2 is 1.89 bits per heavy atom. The Labute approximate surface area is 156 Å². The SMILES string of the molecule is C=C(COC1CC2CCC1(C)C2(C)C)[B-](F)(F)F.[K+]. The van der Waals surface area contributed by atoms with E-state index in [1.165, 1.54) is 6.42 Å². The van der Waals surface area contributed by atoms with E-state index >= 15 is 0 Å². The van der Waals surface area contributed by atoms with Crippen LogP contribution in [0.25, 0.3) is 0 Å². The van der Waals surface area contributed by atoms with Crippen LogP contribution in [0.2, 0.25) is 0 Å². The average molecular weight is 300 g/mol. The molecule has 3 unspecified atom stereocenters. The van der Waals surface area contributed by atoms with Crippen molar-refractivity contribution in [3.8, 4) is 0 Å². The third kappa shape index (κ3) is 3.04. The van der Waals surface area contributed by atoms with E-state index in [2.05, 4.69) is 27.4 Å². The van der Waals surface area contributed by atoms with Crippen LogP contribution in [0.5, 0.6) is 0 Å². The molecule has 6 heteroatoms. The molecule has 0 spiro atoms. The maximum atomic E-state index is 12.4. The van der Waals surface area contributed by atoms with E-state index in [4.69, 9.17) is 4.74 Å². The third-order valence-electron chi connectivity index (χ3n) is 5.65. The number of hydrogen-bond donors (Lipinski definition) is 0. The van der Waals surface area contributed by atoms with Gasteiger partial charge in [-0.3, -0.25) is 0 Å². The van der Waals surface area contributed by atoms with Crippen LogP contribution in [0.4, 0.5) is 12.9 Å². The molecule has 104 valence electrons. The molecular formula is C13H21BF3KO. The number of hydrogen-bond acceptors (Lipinski definition) is 1. The van der Waals surface area contributed by atoms with Gasteiger partial charge in [-0.25, -0.2) is 0 Å². The summed E-state index contributed by atoms with van der Waals surface area (Å²) in [6, 6.07) is 0. The van der Waals surface area contributed by atoms with Gasteiger partial charge in [-0.05, 0) is 36.0 Å². The molecule has 2 saturated carbocycles. The van der Waals surface area contributed by atoms with Crippen LogP contribution in [0.3, 0.4) is 0 Å². The summed E-state index contributed by atoms with van der Waals surface area (Å²) in [7, 11) is 0. The molecule has 3 atom stereocenters. The topological polar surface area (TPSA) is 9.23 Å². The molecular weight excluding hydrogens is 279 g/mol. The summed E-state index contributed by atoms with van der Waals surface area (Å²) in [5, 5.41) is 0. The van der Waals surface area contributed by atoms with Gasteiger partial charge in [-0.2, -0.15) is 0 Å². The van der Waals surface area contributed by atoms with Crippen LogP contribution in [0.15, 0.2) is 12.1 Å². The first-order valence-electron chi connectivity index (χ1n) is 6.58. The monoisotopic (exact) mass is 300 g/mol. The van der Waals surface area contributed by atoms with Gasteiger partial charge in [0.15, 0.2) is 0 Å². The van der Waals surface area contributed by atoms with Crippen LogP contribution in [0, 0.1) is 16.7 Å². The second-order valence-corrected chi connectivity index (χ2v) is 6.64. The van der Waals surface area contributed by atoms with Crippen LogP contribution < -0.4 is 51.4 Å². The van der Waals surface area contributed by atoms with Crippen molar-refractivity contribution in [3.05, 3.63) is 12.1 Å². The van der Waals surface area contributed by atoms with Gasteiger partial charge in [0.2, 0.25) is 0 Å². The minimum atomic E-state index is -4.97. The van der Waals surface area contributed by atoms with Crippen molar-refractivity contribution in [2.24, 2.45) is 16.7 Å². The molecule has 2 aliphatic rings. The summed E-state index contributed by atoms with van der Waals surface area (Å²) >= 11 is 0. The van der Waals surface area contributed by atoms with Crippen molar-refractivity contribution in [1.29, 1.82) is 0 Å². The first kappa shape index (κ1) is 18.2. The van der Waals surface area contributed by atoms with Gasteiger partial charge >= 0.3 is 58.4 Å². The fourth-order valence-electron chi connectivity index (χ4n) is 3.68. The zero-order chi connectivity index (χ0) is 13.8. The van der Waals surface area contributed by atoms with E-state index in [1.807, 2.05) is 0 Å².